The van der Waals surface area contributed by atoms with Crippen molar-refractivity contribution in [3.05, 3.63) is 29.3 Å². The number of hydrogen-bond acceptors (Lipinski definition) is 3. The molecule has 1 saturated heterocycles. The van der Waals surface area contributed by atoms with Crippen LogP contribution in [0.5, 0.6) is 0 Å². The average Bonchev–Trinajstić information content (AvgIpc) is 2.63. The van der Waals surface area contributed by atoms with E-state index in [4.69, 9.17) is 0 Å². The minimum Gasteiger partial charge on any atom is -0.338 e. The van der Waals surface area contributed by atoms with Crippen molar-refractivity contribution in [3.8, 4) is 0 Å². The maximum absolute atomic E-state index is 12.9. The lowest BCUT2D eigenvalue weighted by Gasteiger charge is -2.38. The number of amides is 2. The molecule has 0 saturated carbocycles. The quantitative estimate of drug-likeness (QED) is 0.847. The number of aryl methyl sites for hydroxylation is 2. The van der Waals surface area contributed by atoms with Gasteiger partial charge in [0, 0.05) is 18.3 Å². The Morgan fingerprint density at radius 3 is 2.54 bits per heavy atom. The fourth-order valence-electron chi connectivity index (χ4n) is 3.70. The Hall–Kier alpha value is -1.88. The summed E-state index contributed by atoms with van der Waals surface area (Å²) in [4.78, 5) is 29.2. The first-order valence-electron chi connectivity index (χ1n) is 9.72. The first-order chi connectivity index (χ1) is 12.3. The number of piperidine rings is 1. The van der Waals surface area contributed by atoms with Crippen LogP contribution in [0.2, 0.25) is 0 Å². The van der Waals surface area contributed by atoms with Crippen LogP contribution in [-0.2, 0) is 9.59 Å². The van der Waals surface area contributed by atoms with E-state index in [2.05, 4.69) is 12.2 Å². The standard InChI is InChI=1S/C21H33N3O2/c1-6-18-12-7-8-13-24(18)21(26)17(4)23(5)14-19(25)22-20-15(2)10-9-11-16(20)3/h9-11,17-18H,6-8,12-14H2,1-5H3,(H,22,25)/t17-,18+/m1/s1. The van der Waals surface area contributed by atoms with Crippen LogP contribution in [0.25, 0.3) is 0 Å². The van der Waals surface area contributed by atoms with Gasteiger partial charge < -0.3 is 10.2 Å². The van der Waals surface area contributed by atoms with Crippen molar-refractivity contribution in [3.63, 3.8) is 0 Å². The molecule has 1 aliphatic rings. The summed E-state index contributed by atoms with van der Waals surface area (Å²) in [6.07, 6.45) is 4.36. The van der Waals surface area contributed by atoms with E-state index in [0.29, 0.717) is 6.04 Å². The summed E-state index contributed by atoms with van der Waals surface area (Å²) in [6, 6.07) is 6.00. The van der Waals surface area contributed by atoms with E-state index < -0.39 is 0 Å². The van der Waals surface area contributed by atoms with Crippen LogP contribution in [0.1, 0.15) is 50.7 Å². The predicted molar refractivity (Wildman–Crippen MR) is 106 cm³/mol. The molecular formula is C21H33N3O2. The number of carbonyl (C=O) groups is 2. The molecule has 0 bridgehead atoms. The van der Waals surface area contributed by atoms with Crippen molar-refractivity contribution in [1.82, 2.24) is 9.80 Å². The monoisotopic (exact) mass is 359 g/mol. The summed E-state index contributed by atoms with van der Waals surface area (Å²) in [5, 5.41) is 3.00. The summed E-state index contributed by atoms with van der Waals surface area (Å²) in [5.74, 6) is 0.0501. The molecule has 144 valence electrons. The molecule has 0 radical (unpaired) electrons. The van der Waals surface area contributed by atoms with Crippen LogP contribution in [-0.4, -0.2) is 53.8 Å². The molecule has 5 heteroatoms. The van der Waals surface area contributed by atoms with Crippen LogP contribution >= 0.6 is 0 Å². The molecule has 0 unspecified atom stereocenters. The van der Waals surface area contributed by atoms with E-state index in [1.54, 1.807) is 0 Å². The van der Waals surface area contributed by atoms with Crippen LogP contribution in [0.4, 0.5) is 5.69 Å². The van der Waals surface area contributed by atoms with Gasteiger partial charge in [-0.25, -0.2) is 0 Å². The minimum absolute atomic E-state index is 0.0877. The van der Waals surface area contributed by atoms with Crippen molar-refractivity contribution in [2.45, 2.75) is 65.5 Å². The molecule has 0 aromatic heterocycles. The molecule has 0 aliphatic carbocycles. The largest absolute Gasteiger partial charge is 0.338 e. The van der Waals surface area contributed by atoms with E-state index in [1.807, 2.05) is 55.8 Å². The third kappa shape index (κ3) is 4.85. The Bertz CT molecular complexity index is 624. The van der Waals surface area contributed by atoms with Crippen LogP contribution in [0.3, 0.4) is 0 Å². The molecule has 2 rings (SSSR count). The zero-order chi connectivity index (χ0) is 19.3. The van der Waals surface area contributed by atoms with Crippen LogP contribution in [0.15, 0.2) is 18.2 Å². The number of likely N-dealkylation sites (N-methyl/N-ethyl adjacent to an activating group) is 1. The number of anilines is 1. The lowest BCUT2D eigenvalue weighted by Crippen LogP contribution is -2.52. The van der Waals surface area contributed by atoms with E-state index in [9.17, 15) is 9.59 Å². The highest BCUT2D eigenvalue weighted by molar-refractivity contribution is 5.94. The molecule has 1 aliphatic heterocycles. The Balaban J connectivity index is 1.96. The third-order valence-electron chi connectivity index (χ3n) is 5.54. The van der Waals surface area contributed by atoms with Crippen molar-refractivity contribution in [1.29, 1.82) is 0 Å². The Kier molecular flexibility index (Phi) is 7.21. The minimum atomic E-state index is -0.300. The summed E-state index contributed by atoms with van der Waals surface area (Å²) >= 11 is 0. The normalized spacial score (nSPS) is 18.7. The van der Waals surface area contributed by atoms with E-state index in [0.717, 1.165) is 42.6 Å². The molecule has 1 aromatic rings. The molecule has 1 N–H and O–H groups in total. The second kappa shape index (κ2) is 9.17. The second-order valence-electron chi connectivity index (χ2n) is 7.50. The zero-order valence-corrected chi connectivity index (χ0v) is 16.8. The lowest BCUT2D eigenvalue weighted by molar-refractivity contribution is -0.140. The van der Waals surface area contributed by atoms with E-state index in [1.165, 1.54) is 6.42 Å². The molecule has 5 nitrogen and oxygen atoms in total. The van der Waals surface area contributed by atoms with Crippen LogP contribution in [0, 0.1) is 13.8 Å². The van der Waals surface area contributed by atoms with Gasteiger partial charge >= 0.3 is 0 Å². The summed E-state index contributed by atoms with van der Waals surface area (Å²) < 4.78 is 0. The highest BCUT2D eigenvalue weighted by atomic mass is 16.2. The van der Waals surface area contributed by atoms with Gasteiger partial charge in [0.15, 0.2) is 0 Å². The zero-order valence-electron chi connectivity index (χ0n) is 16.8. The lowest BCUT2D eigenvalue weighted by atomic mass is 9.99. The topological polar surface area (TPSA) is 52.7 Å². The summed E-state index contributed by atoms with van der Waals surface area (Å²) in [6.45, 7) is 9.05. The third-order valence-corrected chi connectivity index (χ3v) is 5.54. The number of nitrogens with zero attached hydrogens (tertiary/aromatic N) is 2. The number of rotatable bonds is 6. The van der Waals surface area contributed by atoms with Gasteiger partial charge in [-0.05, 0) is 64.6 Å². The Morgan fingerprint density at radius 1 is 1.27 bits per heavy atom. The SMILES string of the molecule is CC[C@H]1CCCCN1C(=O)[C@@H](C)N(C)CC(=O)Nc1c(C)cccc1C. The van der Waals surface area contributed by atoms with Gasteiger partial charge in [-0.2, -0.15) is 0 Å². The van der Waals surface area contributed by atoms with Crippen LogP contribution < -0.4 is 5.32 Å². The smallest absolute Gasteiger partial charge is 0.239 e. The van der Waals surface area contributed by atoms with Gasteiger partial charge in [-0.1, -0.05) is 25.1 Å². The first-order valence-corrected chi connectivity index (χ1v) is 9.72. The Labute approximate surface area is 157 Å². The van der Waals surface area contributed by atoms with Gasteiger partial charge in [0.1, 0.15) is 0 Å². The molecule has 1 aromatic carbocycles. The highest BCUT2D eigenvalue weighted by Gasteiger charge is 2.30. The van der Waals surface area contributed by atoms with Gasteiger partial charge in [0.2, 0.25) is 11.8 Å². The summed E-state index contributed by atoms with van der Waals surface area (Å²) in [5.41, 5.74) is 2.96. The molecule has 1 fully saturated rings. The van der Waals surface area contributed by atoms with Crippen molar-refractivity contribution in [2.75, 3.05) is 25.5 Å². The van der Waals surface area contributed by atoms with Crippen molar-refractivity contribution >= 4 is 17.5 Å². The predicted octanol–water partition coefficient (Wildman–Crippen LogP) is 3.35. The Morgan fingerprint density at radius 2 is 1.92 bits per heavy atom. The van der Waals surface area contributed by atoms with Gasteiger partial charge in [0.25, 0.3) is 0 Å². The maximum atomic E-state index is 12.9. The maximum Gasteiger partial charge on any atom is 0.239 e. The van der Waals surface area contributed by atoms with Gasteiger partial charge in [-0.15, -0.1) is 0 Å². The summed E-state index contributed by atoms with van der Waals surface area (Å²) in [7, 11) is 1.84. The number of likely N-dealkylation sites (tertiary alicyclic amines) is 1. The number of carbonyl (C=O) groups excluding carboxylic acids is 2. The first kappa shape index (κ1) is 20.4. The fraction of sp³-hybridized carbons (Fsp3) is 0.619. The number of benzene rings is 1. The molecular weight excluding hydrogens is 326 g/mol. The van der Waals surface area contributed by atoms with Crippen molar-refractivity contribution < 1.29 is 9.59 Å². The van der Waals surface area contributed by atoms with E-state index in [-0.39, 0.29) is 24.4 Å². The fourth-order valence-corrected chi connectivity index (χ4v) is 3.70. The molecule has 0 spiro atoms. The molecule has 2 amide bonds. The second-order valence-corrected chi connectivity index (χ2v) is 7.50. The average molecular weight is 360 g/mol. The molecule has 2 atom stereocenters. The molecule has 26 heavy (non-hydrogen) atoms. The number of nitrogens with one attached hydrogen (secondary N) is 1. The van der Waals surface area contributed by atoms with Crippen molar-refractivity contribution in [2.24, 2.45) is 0 Å². The number of hydrogen-bond donors (Lipinski definition) is 1. The highest BCUT2D eigenvalue weighted by Crippen LogP contribution is 2.22. The van der Waals surface area contributed by atoms with E-state index >= 15 is 0 Å². The van der Waals surface area contributed by atoms with Gasteiger partial charge in [-0.3, -0.25) is 14.5 Å². The number of para-hydroxylation sites is 1. The van der Waals surface area contributed by atoms with Gasteiger partial charge in [0.05, 0.1) is 12.6 Å². The molecule has 1 heterocycles.